The summed E-state index contributed by atoms with van der Waals surface area (Å²) in [6.07, 6.45) is 2.01. The number of nitrogens with one attached hydrogen (secondary N) is 10. The molecule has 0 fully saturated rings. The van der Waals surface area contributed by atoms with E-state index in [4.69, 9.17) is 34.4 Å². The van der Waals surface area contributed by atoms with Crippen molar-refractivity contribution in [3.05, 3.63) is 96.1 Å². The lowest BCUT2D eigenvalue weighted by atomic mass is 10.0. The molecule has 0 aliphatic carbocycles. The highest BCUT2D eigenvalue weighted by Gasteiger charge is 2.36. The second-order valence-corrected chi connectivity index (χ2v) is 22.8. The molecule has 12 atom stereocenters. The van der Waals surface area contributed by atoms with Crippen molar-refractivity contribution < 1.29 is 63.0 Å². The fraction of sp³-hybridized carbons (Fsp3) is 0.547. The van der Waals surface area contributed by atoms with Gasteiger partial charge in [0.1, 0.15) is 54.6 Å². The maximum absolute atomic E-state index is 14.2. The molecule has 24 N–H and O–H groups in total. The summed E-state index contributed by atoms with van der Waals surface area (Å²) in [4.78, 5) is 149. The van der Waals surface area contributed by atoms with E-state index in [9.17, 15) is 63.0 Å². The van der Waals surface area contributed by atoms with Crippen LogP contribution >= 0.6 is 0 Å². The molecule has 3 rings (SSSR count). The minimum absolute atomic E-state index is 0.0435. The monoisotopic (exact) mass is 1300 g/mol. The van der Waals surface area contributed by atoms with Crippen molar-refractivity contribution >= 4 is 65.4 Å². The quantitative estimate of drug-likeness (QED) is 0.0196. The fourth-order valence-electron chi connectivity index (χ4n) is 9.79. The fourth-order valence-corrected chi connectivity index (χ4v) is 9.79. The largest absolute Gasteiger partial charge is 0.391 e. The van der Waals surface area contributed by atoms with E-state index < -0.39 is 132 Å². The zero-order valence-electron chi connectivity index (χ0n) is 53.6. The first-order valence-electron chi connectivity index (χ1n) is 31.8. The Bertz CT molecular complexity index is 2820. The van der Waals surface area contributed by atoms with E-state index in [-0.39, 0.29) is 96.2 Å². The highest BCUT2D eigenvalue weighted by atomic mass is 16.3. The predicted molar refractivity (Wildman–Crippen MR) is 350 cm³/mol. The first kappa shape index (κ1) is 78.9. The van der Waals surface area contributed by atoms with Crippen molar-refractivity contribution in [1.29, 1.82) is 0 Å². The van der Waals surface area contributed by atoms with E-state index in [2.05, 4.69) is 60.1 Å². The lowest BCUT2D eigenvalue weighted by molar-refractivity contribution is -0.136. The molecule has 514 valence electrons. The Morgan fingerprint density at radius 3 is 1.30 bits per heavy atom. The molecule has 0 heterocycles. The summed E-state index contributed by atoms with van der Waals surface area (Å²) in [6.45, 7) is 3.86. The minimum Gasteiger partial charge on any atom is -0.391 e. The van der Waals surface area contributed by atoms with Crippen LogP contribution in [0.5, 0.6) is 0 Å². The number of hydrogen-bond acceptors (Lipinski definition) is 19. The van der Waals surface area contributed by atoms with Crippen LogP contribution in [0.4, 0.5) is 0 Å². The van der Waals surface area contributed by atoms with Gasteiger partial charge in [0.2, 0.25) is 53.2 Å². The minimum atomic E-state index is -1.66. The van der Waals surface area contributed by atoms with Gasteiger partial charge in [0, 0.05) is 18.5 Å². The normalized spacial score (nSPS) is 15.0. The van der Waals surface area contributed by atoms with Crippen molar-refractivity contribution in [3.63, 3.8) is 0 Å². The highest BCUT2D eigenvalue weighted by molar-refractivity contribution is 6.00. The van der Waals surface area contributed by atoms with Gasteiger partial charge in [-0.1, -0.05) is 118 Å². The van der Waals surface area contributed by atoms with E-state index in [1.165, 1.54) is 13.8 Å². The third kappa shape index (κ3) is 28.2. The number of carbonyl (C=O) groups excluding carboxylic acids is 11. The van der Waals surface area contributed by atoms with Gasteiger partial charge in [-0.05, 0) is 120 Å². The summed E-state index contributed by atoms with van der Waals surface area (Å²) < 4.78 is 0. The Kier molecular flexibility index (Phi) is 36.9. The number of nitrogens with two attached hydrogens (primary N) is 6. The molecular formula is C64H100N16O13. The Morgan fingerprint density at radius 1 is 0.419 bits per heavy atom. The number of hydrogen-bond donors (Lipinski definition) is 18. The summed E-state index contributed by atoms with van der Waals surface area (Å²) in [7, 11) is 0. The summed E-state index contributed by atoms with van der Waals surface area (Å²) in [5.74, 6) is -8.18. The Labute approximate surface area is 543 Å². The molecule has 3 aromatic carbocycles. The molecule has 0 radical (unpaired) electrons. The molecule has 3 aromatic rings. The number of aliphatic hydroxyl groups excluding tert-OH is 2. The van der Waals surface area contributed by atoms with Gasteiger partial charge in [-0.3, -0.25) is 47.9 Å². The first-order chi connectivity index (χ1) is 44.5. The van der Waals surface area contributed by atoms with Gasteiger partial charge in [-0.25, -0.2) is 0 Å². The van der Waals surface area contributed by atoms with Gasteiger partial charge in [0.15, 0.2) is 0 Å². The second-order valence-electron chi connectivity index (χ2n) is 22.8. The van der Waals surface area contributed by atoms with Crippen LogP contribution in [0, 0.1) is 0 Å². The maximum atomic E-state index is 14.2. The van der Waals surface area contributed by atoms with Gasteiger partial charge in [-0.2, -0.15) is 0 Å². The Balaban J connectivity index is 1.67. The molecule has 0 saturated carbocycles. The van der Waals surface area contributed by atoms with Crippen molar-refractivity contribution in [2.24, 2.45) is 34.4 Å². The number of unbranched alkanes of at least 4 members (excludes halogenated alkanes) is 5. The van der Waals surface area contributed by atoms with E-state index in [0.29, 0.717) is 18.3 Å². The molecule has 0 aliphatic heterocycles. The number of carbonyl (C=O) groups is 11. The van der Waals surface area contributed by atoms with E-state index in [1.54, 1.807) is 54.6 Å². The molecule has 0 bridgehead atoms. The van der Waals surface area contributed by atoms with Crippen LogP contribution < -0.4 is 87.6 Å². The van der Waals surface area contributed by atoms with Gasteiger partial charge < -0.3 is 103 Å². The van der Waals surface area contributed by atoms with E-state index in [1.807, 2.05) is 30.3 Å². The van der Waals surface area contributed by atoms with Crippen LogP contribution in [0.3, 0.4) is 0 Å². The van der Waals surface area contributed by atoms with Crippen molar-refractivity contribution in [2.75, 3.05) is 39.3 Å². The van der Waals surface area contributed by atoms with Crippen molar-refractivity contribution in [1.82, 2.24) is 53.2 Å². The molecule has 12 unspecified atom stereocenters. The second kappa shape index (κ2) is 43.5. The molecular weight excluding hydrogens is 1200 g/mol. The number of amides is 10. The van der Waals surface area contributed by atoms with E-state index >= 15 is 0 Å². The maximum Gasteiger partial charge on any atom is 0.251 e. The number of aldehydes is 1. The average Bonchev–Trinajstić information content (AvgIpc) is 1.59. The van der Waals surface area contributed by atoms with Crippen molar-refractivity contribution in [2.45, 2.75) is 183 Å². The third-order valence-corrected chi connectivity index (χ3v) is 15.2. The predicted octanol–water partition coefficient (Wildman–Crippen LogP) is -3.14. The standard InChI is InChI=1S/C64H100N16O13/c1-4-5-6-7-8-15-20-47(74-62(91)52(37-41-16-11-9-12-17-41)78-56(85)46(70)25-31-65)58(87)75-49(27-33-67)59(88)76-51(29-35-69)61(90)79-53(39(2)82)63(92)71-36-30-45(38-81)72-57(86)48(26-32-66)77-64(93)54(40(3)83)80-60(89)50(28-34-68)73-55(84)44-23-21-43(22-24-44)42-18-13-10-14-19-42/h9-14,16-19,21-24,38-40,45-54,82-83H,4-8,15,20,25-37,65-70H2,1-3H3,(H,71,92)(H,72,86)(H,73,84)(H,74,91)(H,75,87)(H,76,88)(H,77,93)(H,78,85)(H,79,90)(H,80,89). The Hall–Kier alpha value is -8.29. The molecule has 10 amide bonds. The number of benzene rings is 3. The van der Waals surface area contributed by atoms with Gasteiger partial charge >= 0.3 is 0 Å². The highest BCUT2D eigenvalue weighted by Crippen LogP contribution is 2.20. The lowest BCUT2D eigenvalue weighted by Crippen LogP contribution is -2.61. The molecule has 0 aliphatic rings. The molecule has 0 spiro atoms. The van der Waals surface area contributed by atoms with Crippen LogP contribution in [0.15, 0.2) is 84.9 Å². The Morgan fingerprint density at radius 2 is 0.817 bits per heavy atom. The smallest absolute Gasteiger partial charge is 0.251 e. The van der Waals surface area contributed by atoms with Crippen LogP contribution in [0.25, 0.3) is 11.1 Å². The summed E-state index contributed by atoms with van der Waals surface area (Å²) in [5.41, 5.74) is 37.8. The van der Waals surface area contributed by atoms with Crippen LogP contribution in [0.2, 0.25) is 0 Å². The van der Waals surface area contributed by atoms with Gasteiger partial charge in [0.25, 0.3) is 5.91 Å². The topological polar surface area (TPSA) is 505 Å². The zero-order valence-corrected chi connectivity index (χ0v) is 53.6. The van der Waals surface area contributed by atoms with E-state index in [0.717, 1.165) is 43.2 Å². The van der Waals surface area contributed by atoms with Crippen LogP contribution in [-0.4, -0.2) is 187 Å². The molecule has 29 heteroatoms. The lowest BCUT2D eigenvalue weighted by Gasteiger charge is -2.28. The summed E-state index contributed by atoms with van der Waals surface area (Å²) in [6, 6.07) is 11.6. The number of aliphatic hydroxyl groups is 2. The molecule has 0 aromatic heterocycles. The SMILES string of the molecule is CCCCCCCCC(NC(=O)C(Cc1ccccc1)NC(=O)C(N)CCN)C(=O)NC(CCN)C(=O)NC(CCN)C(=O)NC(C(=O)NCCC(C=O)NC(=O)C(CCN)NC(=O)C(NC(=O)C(CCN)NC(=O)c1ccc(-c2ccccc2)cc1)C(C)O)C(C)O. The zero-order chi connectivity index (χ0) is 68.8. The van der Waals surface area contributed by atoms with Crippen LogP contribution in [-0.2, 0) is 54.4 Å². The molecule has 93 heavy (non-hydrogen) atoms. The summed E-state index contributed by atoms with van der Waals surface area (Å²) in [5, 5.41) is 46.9. The van der Waals surface area contributed by atoms with Gasteiger partial charge in [-0.15, -0.1) is 0 Å². The van der Waals surface area contributed by atoms with Gasteiger partial charge in [0.05, 0.1) is 24.3 Å². The van der Waals surface area contributed by atoms with Crippen molar-refractivity contribution in [3.8, 4) is 11.1 Å². The number of rotatable bonds is 45. The summed E-state index contributed by atoms with van der Waals surface area (Å²) >= 11 is 0. The third-order valence-electron chi connectivity index (χ3n) is 15.2. The molecule has 0 saturated heterocycles. The van der Waals surface area contributed by atoms with Crippen LogP contribution in [0.1, 0.15) is 120 Å². The molecule has 29 nitrogen and oxygen atoms in total. The first-order valence-corrected chi connectivity index (χ1v) is 31.8. The average molecular weight is 1300 g/mol.